The zero-order chi connectivity index (χ0) is 10.6. The largest absolute Gasteiger partial charge is 0.491 e. The van der Waals surface area contributed by atoms with Crippen molar-refractivity contribution in [3.05, 3.63) is 29.0 Å². The number of primary amides is 1. The van der Waals surface area contributed by atoms with E-state index < -0.39 is 11.7 Å². The second-order valence-electron chi connectivity index (χ2n) is 2.64. The molecule has 0 heterocycles. The molecule has 1 rings (SSSR count). The summed E-state index contributed by atoms with van der Waals surface area (Å²) in [4.78, 5) is 10.4. The molecular formula is C9H9ClFNO2. The predicted molar refractivity (Wildman–Crippen MR) is 50.7 cm³/mol. The van der Waals surface area contributed by atoms with Gasteiger partial charge in [-0.05, 0) is 18.2 Å². The molecule has 1 aromatic rings. The lowest BCUT2D eigenvalue weighted by molar-refractivity contribution is -0.118. The molecule has 76 valence electrons. The molecule has 0 aromatic heterocycles. The third kappa shape index (κ3) is 3.22. The summed E-state index contributed by atoms with van der Waals surface area (Å²) in [7, 11) is 0. The summed E-state index contributed by atoms with van der Waals surface area (Å²) >= 11 is 5.66. The van der Waals surface area contributed by atoms with Crippen LogP contribution in [-0.4, -0.2) is 12.5 Å². The van der Waals surface area contributed by atoms with E-state index in [-0.39, 0.29) is 18.1 Å². The number of benzene rings is 1. The fraction of sp³-hybridized carbons (Fsp3) is 0.222. The Morgan fingerprint density at radius 2 is 2.29 bits per heavy atom. The van der Waals surface area contributed by atoms with Gasteiger partial charge in [0.2, 0.25) is 5.91 Å². The zero-order valence-electron chi connectivity index (χ0n) is 7.30. The molecule has 0 saturated carbocycles. The van der Waals surface area contributed by atoms with Crippen molar-refractivity contribution < 1.29 is 13.9 Å². The standard InChI is InChI=1S/C9H9ClFNO2/c10-7-5-6(11)1-2-8(7)14-4-3-9(12)13/h1-2,5H,3-4H2,(H2,12,13). The van der Waals surface area contributed by atoms with E-state index in [4.69, 9.17) is 22.1 Å². The molecule has 5 heteroatoms. The minimum atomic E-state index is -0.455. The molecule has 2 N–H and O–H groups in total. The number of carbonyl (C=O) groups is 1. The van der Waals surface area contributed by atoms with E-state index in [0.29, 0.717) is 5.75 Å². The molecule has 14 heavy (non-hydrogen) atoms. The first-order chi connectivity index (χ1) is 6.59. The quantitative estimate of drug-likeness (QED) is 0.835. The Morgan fingerprint density at radius 3 is 2.86 bits per heavy atom. The Kier molecular flexibility index (Phi) is 3.71. The van der Waals surface area contributed by atoms with Gasteiger partial charge in [0.15, 0.2) is 0 Å². The van der Waals surface area contributed by atoms with Gasteiger partial charge in [-0.2, -0.15) is 0 Å². The normalized spacial score (nSPS) is 9.86. The highest BCUT2D eigenvalue weighted by molar-refractivity contribution is 6.32. The van der Waals surface area contributed by atoms with Crippen LogP contribution >= 0.6 is 11.6 Å². The highest BCUT2D eigenvalue weighted by atomic mass is 35.5. The van der Waals surface area contributed by atoms with Crippen LogP contribution in [0.25, 0.3) is 0 Å². The molecule has 0 radical (unpaired) electrons. The summed E-state index contributed by atoms with van der Waals surface area (Å²) < 4.78 is 17.7. The van der Waals surface area contributed by atoms with Crippen molar-refractivity contribution in [3.8, 4) is 5.75 Å². The fourth-order valence-corrected chi connectivity index (χ4v) is 1.08. The molecule has 0 fully saturated rings. The van der Waals surface area contributed by atoms with Gasteiger partial charge < -0.3 is 10.5 Å². The third-order valence-electron chi connectivity index (χ3n) is 1.50. The predicted octanol–water partition coefficient (Wildman–Crippen LogP) is 1.73. The molecule has 0 unspecified atom stereocenters. The van der Waals surface area contributed by atoms with Crippen LogP contribution in [0, 0.1) is 5.82 Å². The number of hydrogen-bond acceptors (Lipinski definition) is 2. The lowest BCUT2D eigenvalue weighted by Crippen LogP contribution is -2.14. The lowest BCUT2D eigenvalue weighted by Gasteiger charge is -2.06. The number of amides is 1. The summed E-state index contributed by atoms with van der Waals surface area (Å²) in [6.45, 7) is 0.140. The zero-order valence-corrected chi connectivity index (χ0v) is 8.05. The highest BCUT2D eigenvalue weighted by Gasteiger charge is 2.03. The molecule has 1 aromatic carbocycles. The molecule has 0 bridgehead atoms. The van der Waals surface area contributed by atoms with Crippen LogP contribution in [0.1, 0.15) is 6.42 Å². The number of ether oxygens (including phenoxy) is 1. The molecular weight excluding hydrogens is 209 g/mol. The summed E-state index contributed by atoms with van der Waals surface area (Å²) in [5, 5.41) is 0.175. The summed E-state index contributed by atoms with van der Waals surface area (Å²) in [6, 6.07) is 3.77. The maximum Gasteiger partial charge on any atom is 0.220 e. The van der Waals surface area contributed by atoms with Crippen molar-refractivity contribution in [2.24, 2.45) is 5.73 Å². The van der Waals surface area contributed by atoms with Gasteiger partial charge in [-0.3, -0.25) is 4.79 Å². The monoisotopic (exact) mass is 217 g/mol. The average molecular weight is 218 g/mol. The third-order valence-corrected chi connectivity index (χ3v) is 1.80. The SMILES string of the molecule is NC(=O)CCOc1ccc(F)cc1Cl. The Labute approximate surface area is 85.6 Å². The van der Waals surface area contributed by atoms with E-state index in [9.17, 15) is 9.18 Å². The first-order valence-electron chi connectivity index (χ1n) is 3.96. The maximum absolute atomic E-state index is 12.6. The van der Waals surface area contributed by atoms with E-state index in [1.165, 1.54) is 12.1 Å². The first kappa shape index (κ1) is 10.8. The van der Waals surface area contributed by atoms with Gasteiger partial charge in [-0.25, -0.2) is 4.39 Å². The van der Waals surface area contributed by atoms with Crippen molar-refractivity contribution in [1.82, 2.24) is 0 Å². The highest BCUT2D eigenvalue weighted by Crippen LogP contribution is 2.24. The van der Waals surface area contributed by atoms with Crippen molar-refractivity contribution >= 4 is 17.5 Å². The Hall–Kier alpha value is -1.29. The molecule has 0 spiro atoms. The van der Waals surface area contributed by atoms with E-state index in [0.717, 1.165) is 6.07 Å². The van der Waals surface area contributed by atoms with Gasteiger partial charge in [0.25, 0.3) is 0 Å². The average Bonchev–Trinajstić information content (AvgIpc) is 2.08. The van der Waals surface area contributed by atoms with Crippen LogP contribution in [0.2, 0.25) is 5.02 Å². The first-order valence-corrected chi connectivity index (χ1v) is 4.33. The van der Waals surface area contributed by atoms with E-state index >= 15 is 0 Å². The molecule has 0 aliphatic rings. The Balaban J connectivity index is 2.55. The Bertz CT molecular complexity index is 344. The van der Waals surface area contributed by atoms with Crippen LogP contribution < -0.4 is 10.5 Å². The minimum absolute atomic E-state index is 0.105. The number of hydrogen-bond donors (Lipinski definition) is 1. The van der Waals surface area contributed by atoms with Gasteiger partial charge in [-0.1, -0.05) is 11.6 Å². The molecule has 0 aliphatic heterocycles. The molecule has 0 atom stereocenters. The second-order valence-corrected chi connectivity index (χ2v) is 3.05. The van der Waals surface area contributed by atoms with E-state index in [1.54, 1.807) is 0 Å². The minimum Gasteiger partial charge on any atom is -0.491 e. The van der Waals surface area contributed by atoms with Gasteiger partial charge in [0.1, 0.15) is 11.6 Å². The van der Waals surface area contributed by atoms with Gasteiger partial charge >= 0.3 is 0 Å². The fourth-order valence-electron chi connectivity index (χ4n) is 0.854. The Morgan fingerprint density at radius 1 is 1.57 bits per heavy atom. The molecule has 0 aliphatic carbocycles. The summed E-state index contributed by atoms with van der Waals surface area (Å²) in [5.41, 5.74) is 4.91. The van der Waals surface area contributed by atoms with Gasteiger partial charge in [-0.15, -0.1) is 0 Å². The van der Waals surface area contributed by atoms with Crippen LogP contribution in [0.5, 0.6) is 5.75 Å². The van der Waals surface area contributed by atoms with Gasteiger partial charge in [0, 0.05) is 0 Å². The maximum atomic E-state index is 12.6. The lowest BCUT2D eigenvalue weighted by atomic mass is 10.3. The number of carbonyl (C=O) groups excluding carboxylic acids is 1. The van der Waals surface area contributed by atoms with E-state index in [2.05, 4.69) is 0 Å². The number of rotatable bonds is 4. The van der Waals surface area contributed by atoms with Crippen LogP contribution in [0.3, 0.4) is 0 Å². The molecule has 1 amide bonds. The second kappa shape index (κ2) is 4.81. The summed E-state index contributed by atoms with van der Waals surface area (Å²) in [5.74, 6) is -0.546. The smallest absolute Gasteiger partial charge is 0.220 e. The van der Waals surface area contributed by atoms with Crippen molar-refractivity contribution in [2.75, 3.05) is 6.61 Å². The molecule has 3 nitrogen and oxygen atoms in total. The van der Waals surface area contributed by atoms with Crippen molar-refractivity contribution in [3.63, 3.8) is 0 Å². The molecule has 0 saturated heterocycles. The van der Waals surface area contributed by atoms with Crippen LogP contribution in [0.4, 0.5) is 4.39 Å². The summed E-state index contributed by atoms with van der Waals surface area (Å²) in [6.07, 6.45) is 0.105. The topological polar surface area (TPSA) is 52.3 Å². The van der Waals surface area contributed by atoms with Crippen molar-refractivity contribution in [1.29, 1.82) is 0 Å². The van der Waals surface area contributed by atoms with Crippen molar-refractivity contribution in [2.45, 2.75) is 6.42 Å². The van der Waals surface area contributed by atoms with Crippen LogP contribution in [-0.2, 0) is 4.79 Å². The van der Waals surface area contributed by atoms with Gasteiger partial charge in [0.05, 0.1) is 18.1 Å². The van der Waals surface area contributed by atoms with Crippen LogP contribution in [0.15, 0.2) is 18.2 Å². The number of nitrogens with two attached hydrogens (primary N) is 1. The van der Waals surface area contributed by atoms with E-state index in [1.807, 2.05) is 0 Å². The number of halogens is 2.